The molecule has 1 saturated carbocycles. The number of hydrogen-bond donors (Lipinski definition) is 2. The van der Waals surface area contributed by atoms with Crippen LogP contribution in [0.15, 0.2) is 29.2 Å². The summed E-state index contributed by atoms with van der Waals surface area (Å²) >= 11 is 0. The Hall–Kier alpha value is -1.20. The smallest absolute Gasteiger partial charge is 0.395 e. The average molecular weight is 467 g/mol. The molecular weight excluding hydrogens is 433 g/mol. The number of nitrogens with zero attached hydrogens (tertiary/aromatic N) is 2. The van der Waals surface area contributed by atoms with Crippen LogP contribution in [-0.2, 0) is 16.2 Å². The van der Waals surface area contributed by atoms with Gasteiger partial charge in [-0.1, -0.05) is 12.8 Å². The Morgan fingerprint density at radius 1 is 0.935 bits per heavy atom. The Morgan fingerprint density at radius 3 is 1.94 bits per heavy atom. The molecule has 6 nitrogen and oxygen atoms in total. The largest absolute Gasteiger partial charge is 0.416 e. The summed E-state index contributed by atoms with van der Waals surface area (Å²) in [5, 5.41) is 18.2. The van der Waals surface area contributed by atoms with E-state index < -0.39 is 21.8 Å². The van der Waals surface area contributed by atoms with Crippen LogP contribution in [0.5, 0.6) is 0 Å². The SMILES string of the molecule is CN(C[C@H]1CC[C@H](CCN(CCO)CCO)CC1)S(=O)(=O)c1ccc(C(F)(F)F)cc1. The average Bonchev–Trinajstić information content (AvgIpc) is 2.73. The first-order valence-corrected chi connectivity index (χ1v) is 12.1. The van der Waals surface area contributed by atoms with E-state index in [1.165, 1.54) is 11.4 Å². The molecule has 0 aromatic heterocycles. The topological polar surface area (TPSA) is 81.1 Å². The van der Waals surface area contributed by atoms with Gasteiger partial charge < -0.3 is 10.2 Å². The second-order valence-electron chi connectivity index (χ2n) is 8.27. The Bertz CT molecular complexity index is 758. The molecular formula is C21H33F3N2O4S. The lowest BCUT2D eigenvalue weighted by atomic mass is 9.80. The van der Waals surface area contributed by atoms with Crippen molar-refractivity contribution in [2.45, 2.75) is 43.2 Å². The van der Waals surface area contributed by atoms with Gasteiger partial charge >= 0.3 is 6.18 Å². The molecule has 0 aliphatic heterocycles. The molecule has 178 valence electrons. The highest BCUT2D eigenvalue weighted by Crippen LogP contribution is 2.33. The minimum absolute atomic E-state index is 0.0620. The van der Waals surface area contributed by atoms with Crippen molar-refractivity contribution in [1.82, 2.24) is 9.21 Å². The first-order chi connectivity index (χ1) is 14.6. The fourth-order valence-corrected chi connectivity index (χ4v) is 5.39. The highest BCUT2D eigenvalue weighted by molar-refractivity contribution is 7.89. The predicted molar refractivity (Wildman–Crippen MR) is 112 cm³/mol. The molecule has 31 heavy (non-hydrogen) atoms. The van der Waals surface area contributed by atoms with Crippen molar-refractivity contribution in [3.05, 3.63) is 29.8 Å². The van der Waals surface area contributed by atoms with E-state index in [2.05, 4.69) is 0 Å². The summed E-state index contributed by atoms with van der Waals surface area (Å²) in [6.45, 7) is 2.37. The monoisotopic (exact) mass is 466 g/mol. The number of benzene rings is 1. The molecule has 2 N–H and O–H groups in total. The molecule has 1 aliphatic rings. The Kier molecular flexibility index (Phi) is 9.75. The maximum Gasteiger partial charge on any atom is 0.416 e. The number of rotatable bonds is 11. The third kappa shape index (κ3) is 7.71. The fourth-order valence-electron chi connectivity index (χ4n) is 4.14. The van der Waals surface area contributed by atoms with Crippen LogP contribution >= 0.6 is 0 Å². The lowest BCUT2D eigenvalue weighted by molar-refractivity contribution is -0.137. The summed E-state index contributed by atoms with van der Waals surface area (Å²) in [5.41, 5.74) is -0.871. The van der Waals surface area contributed by atoms with E-state index in [0.29, 0.717) is 25.6 Å². The summed E-state index contributed by atoms with van der Waals surface area (Å²) in [7, 11) is -2.36. The van der Waals surface area contributed by atoms with Crippen LogP contribution in [0.3, 0.4) is 0 Å². The Morgan fingerprint density at radius 2 is 1.45 bits per heavy atom. The van der Waals surface area contributed by atoms with E-state index in [4.69, 9.17) is 10.2 Å². The van der Waals surface area contributed by atoms with Crippen LogP contribution < -0.4 is 0 Å². The van der Waals surface area contributed by atoms with Gasteiger partial charge in [0.15, 0.2) is 0 Å². The number of aliphatic hydroxyl groups is 2. The van der Waals surface area contributed by atoms with Gasteiger partial charge in [-0.2, -0.15) is 13.2 Å². The Labute approximate surface area is 182 Å². The molecule has 1 aromatic carbocycles. The predicted octanol–water partition coefficient (Wildman–Crippen LogP) is 2.81. The number of halogens is 3. The third-order valence-corrected chi connectivity index (χ3v) is 7.90. The van der Waals surface area contributed by atoms with E-state index in [0.717, 1.165) is 62.9 Å². The Balaban J connectivity index is 1.84. The van der Waals surface area contributed by atoms with Crippen molar-refractivity contribution in [2.24, 2.45) is 11.8 Å². The number of alkyl halides is 3. The van der Waals surface area contributed by atoms with E-state index in [9.17, 15) is 21.6 Å². The van der Waals surface area contributed by atoms with E-state index >= 15 is 0 Å². The maximum atomic E-state index is 12.7. The van der Waals surface area contributed by atoms with Crippen LogP contribution in [0.25, 0.3) is 0 Å². The van der Waals surface area contributed by atoms with Gasteiger partial charge in [0.05, 0.1) is 23.7 Å². The summed E-state index contributed by atoms with van der Waals surface area (Å²) in [5.74, 6) is 0.754. The molecule has 2 rings (SSSR count). The van der Waals surface area contributed by atoms with Gasteiger partial charge in [-0.25, -0.2) is 12.7 Å². The molecule has 1 aliphatic carbocycles. The normalized spacial score (nSPS) is 20.5. The zero-order chi connectivity index (χ0) is 23.1. The molecule has 0 unspecified atom stereocenters. The van der Waals surface area contributed by atoms with Crippen LogP contribution in [0.4, 0.5) is 13.2 Å². The van der Waals surface area contributed by atoms with Crippen molar-refractivity contribution >= 4 is 10.0 Å². The van der Waals surface area contributed by atoms with E-state index in [1.54, 1.807) is 0 Å². The van der Waals surface area contributed by atoms with Crippen LogP contribution in [0.2, 0.25) is 0 Å². The minimum atomic E-state index is -4.50. The van der Waals surface area contributed by atoms with Crippen LogP contribution in [0.1, 0.15) is 37.7 Å². The first kappa shape index (κ1) is 26.1. The third-order valence-electron chi connectivity index (χ3n) is 6.06. The quantitative estimate of drug-likeness (QED) is 0.524. The molecule has 0 amide bonds. The van der Waals surface area contributed by atoms with E-state index in [1.807, 2.05) is 4.90 Å². The van der Waals surface area contributed by atoms with Crippen molar-refractivity contribution in [3.63, 3.8) is 0 Å². The first-order valence-electron chi connectivity index (χ1n) is 10.7. The molecule has 0 heterocycles. The summed E-state index contributed by atoms with van der Waals surface area (Å²) in [6.07, 6.45) is 0.261. The highest BCUT2D eigenvalue weighted by Gasteiger charge is 2.32. The van der Waals surface area contributed by atoms with Crippen LogP contribution in [0, 0.1) is 11.8 Å². The van der Waals surface area contributed by atoms with Crippen molar-refractivity contribution < 1.29 is 31.8 Å². The zero-order valence-electron chi connectivity index (χ0n) is 17.9. The fraction of sp³-hybridized carbons (Fsp3) is 0.714. The van der Waals surface area contributed by atoms with Gasteiger partial charge in [0, 0.05) is 26.7 Å². The van der Waals surface area contributed by atoms with E-state index in [-0.39, 0.29) is 24.0 Å². The molecule has 0 radical (unpaired) electrons. The maximum absolute atomic E-state index is 12.7. The lowest BCUT2D eigenvalue weighted by Gasteiger charge is -2.32. The molecule has 0 saturated heterocycles. The highest BCUT2D eigenvalue weighted by atomic mass is 32.2. The van der Waals surface area contributed by atoms with Crippen molar-refractivity contribution in [3.8, 4) is 0 Å². The van der Waals surface area contributed by atoms with Gasteiger partial charge in [0.2, 0.25) is 10.0 Å². The summed E-state index contributed by atoms with van der Waals surface area (Å²) in [6, 6.07) is 3.61. The van der Waals surface area contributed by atoms with Gasteiger partial charge in [-0.05, 0) is 61.9 Å². The number of sulfonamides is 1. The second kappa shape index (κ2) is 11.6. The lowest BCUT2D eigenvalue weighted by Crippen LogP contribution is -2.34. The van der Waals surface area contributed by atoms with Gasteiger partial charge in [-0.3, -0.25) is 4.90 Å². The summed E-state index contributed by atoms with van der Waals surface area (Å²) in [4.78, 5) is 1.90. The number of aliphatic hydroxyl groups excluding tert-OH is 2. The molecule has 1 aromatic rings. The molecule has 0 bridgehead atoms. The van der Waals surface area contributed by atoms with Gasteiger partial charge in [0.25, 0.3) is 0 Å². The summed E-state index contributed by atoms with van der Waals surface area (Å²) < 4.78 is 64.8. The number of hydrogen-bond acceptors (Lipinski definition) is 5. The van der Waals surface area contributed by atoms with Crippen LogP contribution in [-0.4, -0.2) is 74.3 Å². The molecule has 0 atom stereocenters. The molecule has 1 fully saturated rings. The molecule has 0 spiro atoms. The van der Waals surface area contributed by atoms with Crippen molar-refractivity contribution in [2.75, 3.05) is 46.4 Å². The van der Waals surface area contributed by atoms with Gasteiger partial charge in [-0.15, -0.1) is 0 Å². The van der Waals surface area contributed by atoms with Crippen molar-refractivity contribution in [1.29, 1.82) is 0 Å². The minimum Gasteiger partial charge on any atom is -0.395 e. The standard InChI is InChI=1S/C21H33F3N2O4S/c1-25(31(29,30)20-8-6-19(7-9-20)21(22,23)24)16-18-4-2-17(3-5-18)10-11-26(12-14-27)13-15-28/h6-9,17-18,27-28H,2-5,10-16H2,1H3/t17-,18-. The zero-order valence-corrected chi connectivity index (χ0v) is 18.7. The second-order valence-corrected chi connectivity index (χ2v) is 10.3. The molecule has 10 heteroatoms. The van der Waals surface area contributed by atoms with Gasteiger partial charge in [0.1, 0.15) is 0 Å².